The molecule has 0 aliphatic rings. The Bertz CT molecular complexity index is 413. The monoisotopic (exact) mass is 254 g/mol. The van der Waals surface area contributed by atoms with Gasteiger partial charge in [0, 0.05) is 0 Å². The van der Waals surface area contributed by atoms with Crippen LogP contribution in [0.15, 0.2) is 24.3 Å². The van der Waals surface area contributed by atoms with E-state index >= 15 is 0 Å². The molecule has 0 aromatic heterocycles. The maximum atomic E-state index is 10.6. The van der Waals surface area contributed by atoms with Crippen molar-refractivity contribution in [3.8, 4) is 11.5 Å². The van der Waals surface area contributed by atoms with Crippen molar-refractivity contribution in [2.75, 3.05) is 13.7 Å². The zero-order valence-corrected chi connectivity index (χ0v) is 10.7. The summed E-state index contributed by atoms with van der Waals surface area (Å²) in [5, 5.41) is -0.503. The molecule has 0 fully saturated rings. The Kier molecular flexibility index (Phi) is 5.57. The van der Waals surface area contributed by atoms with Crippen molar-refractivity contribution in [3.05, 3.63) is 29.8 Å². The second kappa shape index (κ2) is 6.97. The van der Waals surface area contributed by atoms with E-state index in [4.69, 9.17) is 21.1 Å². The Labute approximate surface area is 106 Å². The largest absolute Gasteiger partial charge is 0.493 e. The Morgan fingerprint density at radius 3 is 2.76 bits per heavy atom. The van der Waals surface area contributed by atoms with Gasteiger partial charge in [0.05, 0.1) is 13.7 Å². The van der Waals surface area contributed by atoms with Crippen LogP contribution in [-0.4, -0.2) is 19.0 Å². The Hall–Kier alpha value is -1.48. The van der Waals surface area contributed by atoms with Crippen LogP contribution in [0.25, 0.3) is 6.08 Å². The summed E-state index contributed by atoms with van der Waals surface area (Å²) in [5.74, 6) is 1.34. The fourth-order valence-corrected chi connectivity index (χ4v) is 1.35. The summed E-state index contributed by atoms with van der Waals surface area (Å²) >= 11 is 5.23. The number of benzene rings is 1. The van der Waals surface area contributed by atoms with Crippen LogP contribution in [0.5, 0.6) is 11.5 Å². The van der Waals surface area contributed by atoms with E-state index in [-0.39, 0.29) is 0 Å². The van der Waals surface area contributed by atoms with E-state index < -0.39 is 5.24 Å². The van der Waals surface area contributed by atoms with E-state index in [0.717, 1.165) is 12.0 Å². The molecule has 0 radical (unpaired) electrons. The molecular formula is C13H15ClO3. The lowest BCUT2D eigenvalue weighted by molar-refractivity contribution is -0.107. The molecular weight excluding hydrogens is 240 g/mol. The number of allylic oxidation sites excluding steroid dienone is 1. The molecule has 17 heavy (non-hydrogen) atoms. The van der Waals surface area contributed by atoms with E-state index in [1.807, 2.05) is 19.1 Å². The number of methoxy groups -OCH3 is 1. The molecule has 0 aliphatic heterocycles. The number of ether oxygens (including phenoxy) is 2. The average molecular weight is 255 g/mol. The van der Waals surface area contributed by atoms with Gasteiger partial charge < -0.3 is 9.47 Å². The molecule has 92 valence electrons. The highest BCUT2D eigenvalue weighted by Crippen LogP contribution is 2.28. The van der Waals surface area contributed by atoms with Gasteiger partial charge in [-0.15, -0.1) is 0 Å². The first-order valence-electron chi connectivity index (χ1n) is 5.35. The fourth-order valence-electron chi connectivity index (χ4n) is 1.28. The van der Waals surface area contributed by atoms with Crippen LogP contribution in [-0.2, 0) is 4.79 Å². The standard InChI is InChI=1S/C13H15ClO3/c1-3-8-17-12-9-10(5-7-13(14)15)4-6-11(12)16-2/h4-7,9H,3,8H2,1-2H3/b7-5+. The van der Waals surface area contributed by atoms with Crippen LogP contribution < -0.4 is 9.47 Å². The summed E-state index contributed by atoms with van der Waals surface area (Å²) < 4.78 is 10.7. The molecule has 1 aromatic carbocycles. The van der Waals surface area contributed by atoms with Gasteiger partial charge in [-0.25, -0.2) is 0 Å². The molecule has 0 N–H and O–H groups in total. The van der Waals surface area contributed by atoms with Crippen LogP contribution in [0.1, 0.15) is 18.9 Å². The zero-order valence-electron chi connectivity index (χ0n) is 9.90. The van der Waals surface area contributed by atoms with Gasteiger partial charge in [0.25, 0.3) is 0 Å². The SMILES string of the molecule is CCCOc1cc(/C=C/C(=O)Cl)ccc1OC. The lowest BCUT2D eigenvalue weighted by Crippen LogP contribution is -1.98. The topological polar surface area (TPSA) is 35.5 Å². The Morgan fingerprint density at radius 1 is 1.41 bits per heavy atom. The summed E-state index contributed by atoms with van der Waals surface area (Å²) in [6.45, 7) is 2.65. The van der Waals surface area contributed by atoms with E-state index in [9.17, 15) is 4.79 Å². The molecule has 0 bridgehead atoms. The van der Waals surface area contributed by atoms with Crippen molar-refractivity contribution in [2.45, 2.75) is 13.3 Å². The first-order valence-corrected chi connectivity index (χ1v) is 5.73. The van der Waals surface area contributed by atoms with Crippen molar-refractivity contribution in [2.24, 2.45) is 0 Å². The summed E-state index contributed by atoms with van der Waals surface area (Å²) in [5.41, 5.74) is 0.839. The molecule has 4 heteroatoms. The maximum absolute atomic E-state index is 10.6. The molecule has 0 aliphatic carbocycles. The predicted molar refractivity (Wildman–Crippen MR) is 68.7 cm³/mol. The molecule has 3 nitrogen and oxygen atoms in total. The molecule has 0 atom stereocenters. The van der Waals surface area contributed by atoms with Crippen molar-refractivity contribution in [1.29, 1.82) is 0 Å². The lowest BCUT2D eigenvalue weighted by Gasteiger charge is -2.10. The highest BCUT2D eigenvalue weighted by molar-refractivity contribution is 6.66. The minimum absolute atomic E-state index is 0.503. The highest BCUT2D eigenvalue weighted by atomic mass is 35.5. The van der Waals surface area contributed by atoms with Crippen molar-refractivity contribution >= 4 is 22.9 Å². The smallest absolute Gasteiger partial charge is 0.245 e. The van der Waals surface area contributed by atoms with Crippen LogP contribution in [0.3, 0.4) is 0 Å². The van der Waals surface area contributed by atoms with E-state index in [2.05, 4.69) is 0 Å². The van der Waals surface area contributed by atoms with Gasteiger partial charge in [0.15, 0.2) is 11.5 Å². The van der Waals surface area contributed by atoms with Gasteiger partial charge >= 0.3 is 0 Å². The van der Waals surface area contributed by atoms with Gasteiger partial charge in [-0.05, 0) is 41.8 Å². The first kappa shape index (κ1) is 13.6. The van der Waals surface area contributed by atoms with E-state index in [1.54, 1.807) is 19.3 Å². The van der Waals surface area contributed by atoms with Crippen LogP contribution in [0, 0.1) is 0 Å². The molecule has 0 heterocycles. The molecule has 0 spiro atoms. The fraction of sp³-hybridized carbons (Fsp3) is 0.308. The van der Waals surface area contributed by atoms with Gasteiger partial charge in [0.1, 0.15) is 0 Å². The quantitative estimate of drug-likeness (QED) is 0.577. The third-order valence-corrected chi connectivity index (χ3v) is 2.18. The van der Waals surface area contributed by atoms with E-state index in [1.165, 1.54) is 6.08 Å². The molecule has 0 unspecified atom stereocenters. The second-order valence-electron chi connectivity index (χ2n) is 3.40. The number of carbonyl (C=O) groups is 1. The van der Waals surface area contributed by atoms with Crippen molar-refractivity contribution < 1.29 is 14.3 Å². The lowest BCUT2D eigenvalue weighted by atomic mass is 10.2. The minimum atomic E-state index is -0.503. The van der Waals surface area contributed by atoms with E-state index in [0.29, 0.717) is 18.1 Å². The third kappa shape index (κ3) is 4.49. The summed E-state index contributed by atoms with van der Waals surface area (Å²) in [6, 6.07) is 5.43. The van der Waals surface area contributed by atoms with Gasteiger partial charge in [0.2, 0.25) is 5.24 Å². The number of carbonyl (C=O) groups excluding carboxylic acids is 1. The number of rotatable bonds is 6. The first-order chi connectivity index (χ1) is 8.17. The van der Waals surface area contributed by atoms with Crippen LogP contribution >= 0.6 is 11.6 Å². The highest BCUT2D eigenvalue weighted by Gasteiger charge is 2.04. The average Bonchev–Trinajstić information content (AvgIpc) is 2.33. The van der Waals surface area contributed by atoms with Crippen molar-refractivity contribution in [3.63, 3.8) is 0 Å². The molecule has 0 amide bonds. The maximum Gasteiger partial charge on any atom is 0.245 e. The number of halogens is 1. The molecule has 1 aromatic rings. The summed E-state index contributed by atoms with van der Waals surface area (Å²) in [4.78, 5) is 10.6. The van der Waals surface area contributed by atoms with Gasteiger partial charge in [-0.1, -0.05) is 19.1 Å². The van der Waals surface area contributed by atoms with Gasteiger partial charge in [-0.3, -0.25) is 4.79 Å². The Balaban J connectivity index is 2.91. The minimum Gasteiger partial charge on any atom is -0.493 e. The molecule has 0 saturated heterocycles. The second-order valence-corrected chi connectivity index (χ2v) is 3.77. The summed E-state index contributed by atoms with van der Waals surface area (Å²) in [7, 11) is 1.59. The normalized spacial score (nSPS) is 10.5. The van der Waals surface area contributed by atoms with Crippen molar-refractivity contribution in [1.82, 2.24) is 0 Å². The Morgan fingerprint density at radius 2 is 2.18 bits per heavy atom. The zero-order chi connectivity index (χ0) is 12.7. The predicted octanol–water partition coefficient (Wildman–Crippen LogP) is 3.26. The van der Waals surface area contributed by atoms with Gasteiger partial charge in [-0.2, -0.15) is 0 Å². The summed E-state index contributed by atoms with van der Waals surface area (Å²) in [6.07, 6.45) is 3.85. The molecule has 0 saturated carbocycles. The van der Waals surface area contributed by atoms with Crippen LogP contribution in [0.2, 0.25) is 0 Å². The van der Waals surface area contributed by atoms with Crippen LogP contribution in [0.4, 0.5) is 0 Å². The number of hydrogen-bond donors (Lipinski definition) is 0. The number of hydrogen-bond acceptors (Lipinski definition) is 3. The third-order valence-electron chi connectivity index (χ3n) is 2.06. The molecule has 1 rings (SSSR count).